The number of carbonyl (C=O) groups excluding carboxylic acids is 1. The molecular formula is C20H29N5O5. The maximum atomic E-state index is 12.5. The monoisotopic (exact) mass is 419 g/mol. The Labute approximate surface area is 175 Å². The minimum absolute atomic E-state index is 0.156. The summed E-state index contributed by atoms with van der Waals surface area (Å²) in [5.74, 6) is 1.57. The highest BCUT2D eigenvalue weighted by molar-refractivity contribution is 5.92. The number of imidazole rings is 1. The van der Waals surface area contributed by atoms with Crippen LogP contribution in [0.25, 0.3) is 0 Å². The molecule has 1 saturated heterocycles. The molecule has 1 fully saturated rings. The molecule has 164 valence electrons. The van der Waals surface area contributed by atoms with E-state index in [4.69, 9.17) is 19.2 Å². The first kappa shape index (κ1) is 22.0. The van der Waals surface area contributed by atoms with E-state index in [0.29, 0.717) is 18.3 Å². The van der Waals surface area contributed by atoms with Crippen molar-refractivity contribution in [2.24, 2.45) is 0 Å². The van der Waals surface area contributed by atoms with Gasteiger partial charge in [-0.25, -0.2) is 4.98 Å². The molecule has 0 aliphatic carbocycles. The summed E-state index contributed by atoms with van der Waals surface area (Å²) in [6.45, 7) is 8.46. The van der Waals surface area contributed by atoms with E-state index in [1.165, 1.54) is 0 Å². The van der Waals surface area contributed by atoms with Crippen LogP contribution in [0.2, 0.25) is 0 Å². The highest BCUT2D eigenvalue weighted by atomic mass is 16.5. The number of nitrogens with zero attached hydrogens (tertiary/aromatic N) is 4. The number of aryl methyl sites for hydroxylation is 2. The van der Waals surface area contributed by atoms with E-state index in [1.807, 2.05) is 20.0 Å². The van der Waals surface area contributed by atoms with Gasteiger partial charge in [0.15, 0.2) is 0 Å². The van der Waals surface area contributed by atoms with Crippen LogP contribution in [0, 0.1) is 13.8 Å². The third-order valence-electron chi connectivity index (χ3n) is 5.66. The van der Waals surface area contributed by atoms with Crippen LogP contribution in [0.15, 0.2) is 10.7 Å². The number of rotatable bonds is 4. The van der Waals surface area contributed by atoms with Gasteiger partial charge in [0.25, 0.3) is 12.4 Å². The summed E-state index contributed by atoms with van der Waals surface area (Å²) in [6, 6.07) is 0.612. The summed E-state index contributed by atoms with van der Waals surface area (Å²) in [6.07, 6.45) is 4.97. The second kappa shape index (κ2) is 10.4. The van der Waals surface area contributed by atoms with Gasteiger partial charge in [-0.15, -0.1) is 0 Å². The van der Waals surface area contributed by atoms with Crippen LogP contribution >= 0.6 is 0 Å². The lowest BCUT2D eigenvalue weighted by atomic mass is 10.1. The van der Waals surface area contributed by atoms with Gasteiger partial charge in [-0.1, -0.05) is 5.16 Å². The summed E-state index contributed by atoms with van der Waals surface area (Å²) in [5.41, 5.74) is 2.22. The van der Waals surface area contributed by atoms with Gasteiger partial charge in [-0.05, 0) is 26.7 Å². The summed E-state index contributed by atoms with van der Waals surface area (Å²) in [7, 11) is 0. The van der Waals surface area contributed by atoms with E-state index >= 15 is 0 Å². The van der Waals surface area contributed by atoms with Crippen LogP contribution < -0.4 is 5.32 Å². The zero-order valence-corrected chi connectivity index (χ0v) is 17.5. The van der Waals surface area contributed by atoms with Gasteiger partial charge in [0.2, 0.25) is 0 Å². The van der Waals surface area contributed by atoms with Gasteiger partial charge < -0.3 is 24.3 Å². The lowest BCUT2D eigenvalue weighted by molar-refractivity contribution is -0.122. The molecule has 2 aromatic heterocycles. The molecule has 30 heavy (non-hydrogen) atoms. The Morgan fingerprint density at radius 2 is 2.03 bits per heavy atom. The van der Waals surface area contributed by atoms with Crippen molar-refractivity contribution in [2.45, 2.75) is 52.2 Å². The third-order valence-corrected chi connectivity index (χ3v) is 5.66. The molecule has 2 aliphatic heterocycles. The quantitative estimate of drug-likeness (QED) is 0.708. The fourth-order valence-corrected chi connectivity index (χ4v) is 3.98. The van der Waals surface area contributed by atoms with Crippen LogP contribution in [0.1, 0.15) is 46.2 Å². The molecule has 0 aromatic carbocycles. The van der Waals surface area contributed by atoms with E-state index in [1.54, 1.807) is 0 Å². The molecule has 4 rings (SSSR count). The van der Waals surface area contributed by atoms with Crippen molar-refractivity contribution in [1.29, 1.82) is 0 Å². The molecule has 0 spiro atoms. The van der Waals surface area contributed by atoms with Crippen LogP contribution in [0.5, 0.6) is 0 Å². The third kappa shape index (κ3) is 5.25. The van der Waals surface area contributed by atoms with Crippen molar-refractivity contribution >= 4 is 12.4 Å². The van der Waals surface area contributed by atoms with Gasteiger partial charge in [0.1, 0.15) is 17.3 Å². The summed E-state index contributed by atoms with van der Waals surface area (Å²) >= 11 is 0. The van der Waals surface area contributed by atoms with Crippen molar-refractivity contribution < 1.29 is 24.0 Å². The molecule has 0 bridgehead atoms. The highest BCUT2D eigenvalue weighted by Crippen LogP contribution is 2.18. The molecule has 0 radical (unpaired) electrons. The molecule has 10 heteroatoms. The second-order valence-corrected chi connectivity index (χ2v) is 7.46. The fraction of sp³-hybridized carbons (Fsp3) is 0.600. The first-order valence-electron chi connectivity index (χ1n) is 10.2. The lowest BCUT2D eigenvalue weighted by Gasteiger charge is -2.33. The number of fused-ring (bicyclic) bond motifs is 1. The molecule has 2 aliphatic rings. The molecule has 10 nitrogen and oxygen atoms in total. The number of carboxylic acid groups (broad SMARTS) is 1. The van der Waals surface area contributed by atoms with E-state index in [9.17, 15) is 4.79 Å². The number of carbonyl (C=O) groups is 2. The number of aromatic nitrogens is 3. The SMILES string of the molecule is Cc1noc(C)c1CNC(=O)c1cn2c(n1)CCN(C1CCOCC1)CC2.O=CO. The fourth-order valence-electron chi connectivity index (χ4n) is 3.98. The maximum Gasteiger partial charge on any atom is 0.290 e. The van der Waals surface area contributed by atoms with Crippen LogP contribution in [-0.4, -0.2) is 69.4 Å². The molecule has 0 saturated carbocycles. The lowest BCUT2D eigenvalue weighted by Crippen LogP contribution is -2.41. The second-order valence-electron chi connectivity index (χ2n) is 7.46. The van der Waals surface area contributed by atoms with Gasteiger partial charge in [-0.3, -0.25) is 14.5 Å². The number of amides is 1. The largest absolute Gasteiger partial charge is 0.483 e. The van der Waals surface area contributed by atoms with Gasteiger partial charge >= 0.3 is 0 Å². The molecule has 4 heterocycles. The smallest absolute Gasteiger partial charge is 0.290 e. The molecule has 0 atom stereocenters. The van der Waals surface area contributed by atoms with Crippen LogP contribution in [0.3, 0.4) is 0 Å². The van der Waals surface area contributed by atoms with Crippen molar-refractivity contribution in [1.82, 2.24) is 24.9 Å². The van der Waals surface area contributed by atoms with E-state index < -0.39 is 0 Å². The average Bonchev–Trinajstić information content (AvgIpc) is 3.24. The minimum Gasteiger partial charge on any atom is -0.483 e. The Hall–Kier alpha value is -2.72. The highest BCUT2D eigenvalue weighted by Gasteiger charge is 2.25. The topological polar surface area (TPSA) is 123 Å². The summed E-state index contributed by atoms with van der Waals surface area (Å²) in [5, 5.41) is 13.7. The normalized spacial score (nSPS) is 17.4. The minimum atomic E-state index is -0.250. The predicted octanol–water partition coefficient (Wildman–Crippen LogP) is 1.16. The Morgan fingerprint density at radius 1 is 1.30 bits per heavy atom. The molecule has 2 N–H and O–H groups in total. The maximum absolute atomic E-state index is 12.5. The Kier molecular flexibility index (Phi) is 7.58. The number of nitrogens with one attached hydrogen (secondary N) is 1. The van der Waals surface area contributed by atoms with Crippen molar-refractivity contribution in [3.63, 3.8) is 0 Å². The molecule has 2 aromatic rings. The first-order valence-corrected chi connectivity index (χ1v) is 10.2. The van der Waals surface area contributed by atoms with Gasteiger partial charge in [0, 0.05) is 63.6 Å². The first-order chi connectivity index (χ1) is 14.5. The molecular weight excluding hydrogens is 390 g/mol. The average molecular weight is 419 g/mol. The standard InChI is InChI=1S/C19H27N5O3.CH2O2/c1-13-16(14(2)27-22-13)11-20-19(25)17-12-24-8-7-23(6-3-18(24)21-17)15-4-9-26-10-5-15;2-1-3/h12,15H,3-11H2,1-2H3,(H,20,25);1H,(H,2,3). The molecule has 0 unspecified atom stereocenters. The molecule has 1 amide bonds. The van der Waals surface area contributed by atoms with Crippen molar-refractivity contribution in [2.75, 3.05) is 26.3 Å². The Bertz CT molecular complexity index is 811. The van der Waals surface area contributed by atoms with Crippen LogP contribution in [-0.2, 0) is 29.0 Å². The van der Waals surface area contributed by atoms with E-state index in [0.717, 1.165) is 75.0 Å². The van der Waals surface area contributed by atoms with Crippen LogP contribution in [0.4, 0.5) is 0 Å². The van der Waals surface area contributed by atoms with Gasteiger partial charge in [0.05, 0.1) is 5.69 Å². The van der Waals surface area contributed by atoms with Crippen molar-refractivity contribution in [3.05, 3.63) is 34.7 Å². The summed E-state index contributed by atoms with van der Waals surface area (Å²) < 4.78 is 12.7. The van der Waals surface area contributed by atoms with Crippen molar-refractivity contribution in [3.8, 4) is 0 Å². The Balaban J connectivity index is 0.000000806. The van der Waals surface area contributed by atoms with Gasteiger partial charge in [-0.2, -0.15) is 0 Å². The van der Waals surface area contributed by atoms with E-state index in [-0.39, 0.29) is 12.4 Å². The number of hydrogen-bond donors (Lipinski definition) is 2. The predicted molar refractivity (Wildman–Crippen MR) is 107 cm³/mol. The Morgan fingerprint density at radius 3 is 2.70 bits per heavy atom. The zero-order valence-electron chi connectivity index (χ0n) is 17.5. The summed E-state index contributed by atoms with van der Waals surface area (Å²) in [4.78, 5) is 28.0. The van der Waals surface area contributed by atoms with E-state index in [2.05, 4.69) is 24.9 Å². The zero-order chi connectivity index (χ0) is 21.5. The number of ether oxygens (including phenoxy) is 1. The number of hydrogen-bond acceptors (Lipinski definition) is 7.